The summed E-state index contributed by atoms with van der Waals surface area (Å²) in [5.41, 5.74) is 6.83. The van der Waals surface area contributed by atoms with Crippen LogP contribution in [0.4, 0.5) is 0 Å². The van der Waals surface area contributed by atoms with Crippen LogP contribution in [-0.4, -0.2) is 18.6 Å². The van der Waals surface area contributed by atoms with Crippen LogP contribution in [0.25, 0.3) is 0 Å². The van der Waals surface area contributed by atoms with E-state index in [2.05, 4.69) is 6.92 Å². The van der Waals surface area contributed by atoms with Crippen molar-refractivity contribution in [3.05, 3.63) is 0 Å². The van der Waals surface area contributed by atoms with Crippen LogP contribution in [-0.2, 0) is 9.53 Å². The van der Waals surface area contributed by atoms with Gasteiger partial charge in [-0.25, -0.2) is 5.73 Å². The van der Waals surface area contributed by atoms with Crippen LogP contribution >= 0.6 is 0 Å². The molecule has 75 valence electrons. The molecule has 0 unspecified atom stereocenters. The Kier molecular flexibility index (Phi) is 4.22. The standard InChI is InChI=1S/C10H18NO2/c1-2-8-3-5-9(6-4-8)13-10(12)7-11/h8-9,11H,2-7H2,1H3. The Bertz CT molecular complexity index is 162. The topological polar surface area (TPSA) is 50.1 Å². The van der Waals surface area contributed by atoms with Gasteiger partial charge in [-0.3, -0.25) is 4.79 Å². The highest BCUT2D eigenvalue weighted by Crippen LogP contribution is 2.28. The molecular formula is C10H18NO2. The lowest BCUT2D eigenvalue weighted by Gasteiger charge is -2.27. The number of nitrogens with one attached hydrogen (secondary N) is 1. The van der Waals surface area contributed by atoms with Gasteiger partial charge in [-0.1, -0.05) is 13.3 Å². The molecule has 0 heterocycles. The average molecular weight is 184 g/mol. The van der Waals surface area contributed by atoms with E-state index < -0.39 is 0 Å². The fraction of sp³-hybridized carbons (Fsp3) is 0.900. The summed E-state index contributed by atoms with van der Waals surface area (Å²) in [7, 11) is 0. The Balaban J connectivity index is 2.21. The zero-order valence-electron chi connectivity index (χ0n) is 8.21. The summed E-state index contributed by atoms with van der Waals surface area (Å²) in [6.07, 6.45) is 5.66. The number of esters is 1. The summed E-state index contributed by atoms with van der Waals surface area (Å²) in [4.78, 5) is 10.8. The monoisotopic (exact) mass is 184 g/mol. The lowest BCUT2D eigenvalue weighted by atomic mass is 9.86. The van der Waals surface area contributed by atoms with Gasteiger partial charge in [0.05, 0.1) is 0 Å². The maximum Gasteiger partial charge on any atom is 0.321 e. The zero-order valence-corrected chi connectivity index (χ0v) is 8.21. The van der Waals surface area contributed by atoms with Crippen molar-refractivity contribution in [1.82, 2.24) is 5.73 Å². The molecule has 0 aromatic heterocycles. The molecule has 1 fully saturated rings. The third kappa shape index (κ3) is 3.35. The lowest BCUT2D eigenvalue weighted by molar-refractivity contribution is -0.149. The first-order chi connectivity index (χ1) is 6.26. The van der Waals surface area contributed by atoms with Gasteiger partial charge >= 0.3 is 5.97 Å². The van der Waals surface area contributed by atoms with Crippen molar-refractivity contribution in [2.45, 2.75) is 45.1 Å². The molecule has 0 aromatic rings. The number of hydrogen-bond donors (Lipinski definition) is 0. The molecule has 1 aliphatic carbocycles. The molecule has 1 aliphatic rings. The molecule has 0 saturated heterocycles. The summed E-state index contributed by atoms with van der Waals surface area (Å²) in [5.74, 6) is 0.450. The summed E-state index contributed by atoms with van der Waals surface area (Å²) in [5, 5.41) is 0. The van der Waals surface area contributed by atoms with Gasteiger partial charge in [-0.2, -0.15) is 0 Å². The van der Waals surface area contributed by atoms with Gasteiger partial charge in [0.2, 0.25) is 0 Å². The van der Waals surface area contributed by atoms with Crippen molar-refractivity contribution >= 4 is 5.97 Å². The van der Waals surface area contributed by atoms with Crippen molar-refractivity contribution in [2.75, 3.05) is 6.54 Å². The molecule has 0 amide bonds. The van der Waals surface area contributed by atoms with E-state index in [1.165, 1.54) is 19.3 Å². The minimum Gasteiger partial charge on any atom is -0.461 e. The Hall–Kier alpha value is -0.570. The highest BCUT2D eigenvalue weighted by molar-refractivity contribution is 5.71. The molecule has 0 aromatic carbocycles. The first-order valence-corrected chi connectivity index (χ1v) is 5.10. The summed E-state index contributed by atoms with van der Waals surface area (Å²) in [6, 6.07) is 0. The minimum absolute atomic E-state index is 0.0978. The largest absolute Gasteiger partial charge is 0.461 e. The highest BCUT2D eigenvalue weighted by atomic mass is 16.5. The molecule has 3 heteroatoms. The fourth-order valence-electron chi connectivity index (χ4n) is 1.89. The molecular weight excluding hydrogens is 166 g/mol. The van der Waals surface area contributed by atoms with E-state index in [1.807, 2.05) is 0 Å². The van der Waals surface area contributed by atoms with Gasteiger partial charge in [0.15, 0.2) is 0 Å². The molecule has 13 heavy (non-hydrogen) atoms. The van der Waals surface area contributed by atoms with Crippen LogP contribution in [0, 0.1) is 5.92 Å². The highest BCUT2D eigenvalue weighted by Gasteiger charge is 2.22. The predicted octanol–water partition coefficient (Wildman–Crippen LogP) is 1.78. The zero-order chi connectivity index (χ0) is 9.68. The molecule has 1 N–H and O–H groups in total. The first kappa shape index (κ1) is 10.5. The molecule has 0 bridgehead atoms. The SMILES string of the molecule is CCC1CCC(OC(=O)C[NH])CC1. The van der Waals surface area contributed by atoms with E-state index >= 15 is 0 Å². The number of carbonyl (C=O) groups excluding carboxylic acids is 1. The van der Waals surface area contributed by atoms with Gasteiger partial charge in [0.1, 0.15) is 12.6 Å². The third-order valence-electron chi connectivity index (χ3n) is 2.81. The van der Waals surface area contributed by atoms with Crippen molar-refractivity contribution in [2.24, 2.45) is 5.92 Å². The Labute approximate surface area is 79.6 Å². The summed E-state index contributed by atoms with van der Waals surface area (Å²) >= 11 is 0. The van der Waals surface area contributed by atoms with Crippen molar-refractivity contribution in [3.63, 3.8) is 0 Å². The van der Waals surface area contributed by atoms with Crippen molar-refractivity contribution in [1.29, 1.82) is 0 Å². The van der Waals surface area contributed by atoms with E-state index in [-0.39, 0.29) is 18.6 Å². The van der Waals surface area contributed by atoms with Gasteiger partial charge in [-0.05, 0) is 31.6 Å². The van der Waals surface area contributed by atoms with Gasteiger partial charge in [-0.15, -0.1) is 0 Å². The minimum atomic E-state index is -0.375. The van der Waals surface area contributed by atoms with Gasteiger partial charge < -0.3 is 4.74 Å². The van der Waals surface area contributed by atoms with Crippen LogP contribution in [0.15, 0.2) is 0 Å². The van der Waals surface area contributed by atoms with Gasteiger partial charge in [0.25, 0.3) is 0 Å². The quantitative estimate of drug-likeness (QED) is 0.628. The smallest absolute Gasteiger partial charge is 0.321 e. The second kappa shape index (κ2) is 5.22. The van der Waals surface area contributed by atoms with Crippen LogP contribution < -0.4 is 5.73 Å². The molecule has 0 atom stereocenters. The molecule has 1 rings (SSSR count). The number of ether oxygens (including phenoxy) is 1. The van der Waals surface area contributed by atoms with Crippen LogP contribution in [0.2, 0.25) is 0 Å². The van der Waals surface area contributed by atoms with E-state index in [4.69, 9.17) is 10.5 Å². The Morgan fingerprint density at radius 1 is 1.38 bits per heavy atom. The summed E-state index contributed by atoms with van der Waals surface area (Å²) < 4.78 is 5.11. The van der Waals surface area contributed by atoms with Crippen molar-refractivity contribution < 1.29 is 9.53 Å². The van der Waals surface area contributed by atoms with Gasteiger partial charge in [0, 0.05) is 0 Å². The first-order valence-electron chi connectivity index (χ1n) is 5.10. The number of rotatable bonds is 3. The lowest BCUT2D eigenvalue weighted by Crippen LogP contribution is -2.25. The van der Waals surface area contributed by atoms with E-state index in [1.54, 1.807) is 0 Å². The maximum absolute atomic E-state index is 10.8. The van der Waals surface area contributed by atoms with E-state index in [0.717, 1.165) is 18.8 Å². The van der Waals surface area contributed by atoms with E-state index in [0.29, 0.717) is 0 Å². The molecule has 0 spiro atoms. The average Bonchev–Trinajstić information content (AvgIpc) is 2.19. The van der Waals surface area contributed by atoms with E-state index in [9.17, 15) is 4.79 Å². The molecule has 1 saturated carbocycles. The normalized spacial score (nSPS) is 28.5. The number of hydrogen-bond acceptors (Lipinski definition) is 2. The predicted molar refractivity (Wildman–Crippen MR) is 50.1 cm³/mol. The second-order valence-corrected chi connectivity index (χ2v) is 3.72. The Morgan fingerprint density at radius 2 is 2.00 bits per heavy atom. The van der Waals surface area contributed by atoms with Crippen LogP contribution in [0.1, 0.15) is 39.0 Å². The fourth-order valence-corrected chi connectivity index (χ4v) is 1.89. The maximum atomic E-state index is 10.8. The second-order valence-electron chi connectivity index (χ2n) is 3.72. The van der Waals surface area contributed by atoms with Crippen LogP contribution in [0.3, 0.4) is 0 Å². The summed E-state index contributed by atoms with van der Waals surface area (Å²) in [6.45, 7) is 1.97. The molecule has 3 nitrogen and oxygen atoms in total. The molecule has 0 aliphatic heterocycles. The Morgan fingerprint density at radius 3 is 2.46 bits per heavy atom. The molecule has 1 radical (unpaired) electrons. The third-order valence-corrected chi connectivity index (χ3v) is 2.81. The van der Waals surface area contributed by atoms with Crippen molar-refractivity contribution in [3.8, 4) is 0 Å². The number of carbonyl (C=O) groups is 1. The van der Waals surface area contributed by atoms with Crippen LogP contribution in [0.5, 0.6) is 0 Å².